The maximum atomic E-state index is 13.9. The highest BCUT2D eigenvalue weighted by molar-refractivity contribution is 7.47. The van der Waals surface area contributed by atoms with Gasteiger partial charge in [0.05, 0.1) is 32.5 Å². The number of Topliss-reactive ketones (excluding diaryl/α,β-unsaturated/α-hetero) is 1. The van der Waals surface area contributed by atoms with Gasteiger partial charge in [0.2, 0.25) is 17.7 Å². The Bertz CT molecular complexity index is 2830. The summed E-state index contributed by atoms with van der Waals surface area (Å²) in [4.78, 5) is 101. The van der Waals surface area contributed by atoms with Crippen molar-refractivity contribution in [1.82, 2.24) is 16.0 Å². The van der Waals surface area contributed by atoms with Gasteiger partial charge in [0.1, 0.15) is 102 Å². The number of hydrogen-bond donors (Lipinski definition) is 18. The molecule has 0 radical (unpaired) electrons. The molecule has 1 unspecified atom stereocenters. The van der Waals surface area contributed by atoms with Crippen LogP contribution in [0.3, 0.4) is 0 Å². The number of aliphatic hydroxyl groups is 11. The van der Waals surface area contributed by atoms with Crippen LogP contribution in [-0.4, -0.2) is 293 Å². The van der Waals surface area contributed by atoms with Gasteiger partial charge in [0, 0.05) is 26.7 Å². The fourth-order valence-corrected chi connectivity index (χ4v) is 11.6. The first-order chi connectivity index (χ1) is 43.9. The van der Waals surface area contributed by atoms with Gasteiger partial charge in [-0.05, 0) is 47.5 Å². The van der Waals surface area contributed by atoms with Gasteiger partial charge in [0.15, 0.2) is 67.8 Å². The molecule has 0 aromatic carbocycles. The smallest absolute Gasteiger partial charge is 0.474 e. The molecule has 5 fully saturated rings. The van der Waals surface area contributed by atoms with Crippen molar-refractivity contribution in [1.29, 1.82) is 0 Å². The molecule has 5 aliphatic heterocycles. The number of ether oxygens (including phenoxy) is 11. The summed E-state index contributed by atoms with van der Waals surface area (Å²) in [5.41, 5.74) is 9.42. The molecular weight excluding hydrogens is 1290 g/mol. The minimum absolute atomic E-state index is 0.125. The molecule has 5 amide bonds. The molecule has 27 atom stereocenters. The number of phosphoric ester groups is 1. The van der Waals surface area contributed by atoms with E-state index in [4.69, 9.17) is 72.6 Å². The van der Waals surface area contributed by atoms with Gasteiger partial charge in [-0.2, -0.15) is 0 Å². The highest BCUT2D eigenvalue weighted by Gasteiger charge is 2.62. The molecule has 534 valence electrons. The number of primary amides is 2. The maximum Gasteiger partial charge on any atom is 0.474 e. The van der Waals surface area contributed by atoms with Gasteiger partial charge >= 0.3 is 19.9 Å². The zero-order valence-electron chi connectivity index (χ0n) is 51.7. The van der Waals surface area contributed by atoms with Gasteiger partial charge in [0.25, 0.3) is 5.91 Å². The average molecular weight is 1380 g/mol. The van der Waals surface area contributed by atoms with Crippen LogP contribution in [0.5, 0.6) is 0 Å². The first kappa shape index (κ1) is 77.6. The number of nitrogens with one attached hydrogen (secondary N) is 3. The topological polar surface area (TPSA) is 608 Å². The van der Waals surface area contributed by atoms with Crippen molar-refractivity contribution in [2.24, 2.45) is 11.5 Å². The maximum absolute atomic E-state index is 13.9. The molecule has 6 rings (SSSR count). The molecule has 5 heterocycles. The molecular formula is C54H84N5O34P. The Morgan fingerprint density at radius 3 is 1.86 bits per heavy atom. The van der Waals surface area contributed by atoms with E-state index in [0.29, 0.717) is 12.8 Å². The Hall–Kier alpha value is -5.38. The largest absolute Gasteiger partial charge is 0.510 e. The third kappa shape index (κ3) is 19.3. The van der Waals surface area contributed by atoms with Crippen LogP contribution in [0.1, 0.15) is 74.1 Å². The molecule has 20 N–H and O–H groups in total. The minimum atomic E-state index is -5.81. The summed E-state index contributed by atoms with van der Waals surface area (Å²) in [5.74, 6) is -7.64. The molecule has 5 saturated heterocycles. The van der Waals surface area contributed by atoms with Crippen molar-refractivity contribution in [3.05, 3.63) is 34.8 Å². The van der Waals surface area contributed by atoms with E-state index < -0.39 is 240 Å². The van der Waals surface area contributed by atoms with Crippen LogP contribution in [-0.2, 0) is 94.5 Å². The molecule has 6 aliphatic rings. The molecule has 39 nitrogen and oxygen atoms in total. The third-order valence-electron chi connectivity index (χ3n) is 15.8. The van der Waals surface area contributed by atoms with Crippen molar-refractivity contribution in [2.45, 2.75) is 233 Å². The lowest BCUT2D eigenvalue weighted by molar-refractivity contribution is -0.375. The van der Waals surface area contributed by atoms with E-state index in [1.54, 1.807) is 13.0 Å². The molecule has 1 aliphatic carbocycles. The quantitative estimate of drug-likeness (QED) is 0.0256. The van der Waals surface area contributed by atoms with Crippen LogP contribution in [0.25, 0.3) is 0 Å². The molecule has 0 bridgehead atoms. The fourth-order valence-electron chi connectivity index (χ4n) is 10.8. The van der Waals surface area contributed by atoms with Gasteiger partial charge in [-0.3, -0.25) is 33.0 Å². The summed E-state index contributed by atoms with van der Waals surface area (Å²) in [7, 11) is -5.81. The number of carbonyl (C=O) groups excluding carboxylic acids is 6. The third-order valence-corrected chi connectivity index (χ3v) is 16.7. The molecule has 0 spiro atoms. The second-order valence-electron chi connectivity index (χ2n) is 23.4. The Kier molecular flexibility index (Phi) is 27.5. The van der Waals surface area contributed by atoms with Gasteiger partial charge in [-0.15, -0.1) is 0 Å². The van der Waals surface area contributed by atoms with E-state index in [2.05, 4.69) is 16.0 Å². The summed E-state index contributed by atoms with van der Waals surface area (Å²) in [6, 6.07) is -3.98. The van der Waals surface area contributed by atoms with Crippen LogP contribution in [0.4, 0.5) is 4.79 Å². The zero-order chi connectivity index (χ0) is 70.2. The van der Waals surface area contributed by atoms with Crippen molar-refractivity contribution >= 4 is 49.3 Å². The number of aliphatic carboxylic acids is 1. The zero-order valence-corrected chi connectivity index (χ0v) is 52.6. The van der Waals surface area contributed by atoms with Crippen LogP contribution >= 0.6 is 7.82 Å². The van der Waals surface area contributed by atoms with E-state index in [1.165, 1.54) is 6.92 Å². The first-order valence-electron chi connectivity index (χ1n) is 29.4. The van der Waals surface area contributed by atoms with Crippen molar-refractivity contribution in [2.75, 3.05) is 26.4 Å². The first-order valence-corrected chi connectivity index (χ1v) is 30.9. The summed E-state index contributed by atoms with van der Waals surface area (Å²) < 4.78 is 88.0. The number of carbonyl (C=O) groups is 7. The summed E-state index contributed by atoms with van der Waals surface area (Å²) in [6.07, 6.45) is -46.2. The Labute approximate surface area is 535 Å². The number of hydrogen-bond acceptors (Lipinski definition) is 32. The van der Waals surface area contributed by atoms with Gasteiger partial charge < -0.3 is 146 Å². The van der Waals surface area contributed by atoms with E-state index in [9.17, 15) is 104 Å². The summed E-state index contributed by atoms with van der Waals surface area (Å²) >= 11 is 0. The molecule has 40 heteroatoms. The lowest BCUT2D eigenvalue weighted by atomic mass is 9.85. The lowest BCUT2D eigenvalue weighted by Gasteiger charge is -2.52. The number of allylic oxidation sites excluding steroid dienone is 5. The molecule has 0 saturated carbocycles. The SMILES string of the molecule is CC(=O)N[C@H]1[C@H](O[C@H]2[C@H](O)[C@@H](NC(C)=O)[C@H](O[C@H]3[C@@H](OP(=O)(O)OC[C@@H](OC/C=C(/C)CCC=C(C)C)C(=O)O)O[C@H](C(N)=O)[C@@](C)(O)[C@@H]3OC(N)=O)O[C@@H]2CO[C@@H]2O[C@H](CO)[C@@H](O)[C@H](O)[C@H]2O)O[C@H](C)[C@@H](O[C@@H]2O[C@H](C(=O)NC3=C(O)CCC3=O)[C@H](O)[C@H](O)[C@H]2O)[C@@H]1O. The number of rotatable bonds is 28. The highest BCUT2D eigenvalue weighted by atomic mass is 31.2. The Morgan fingerprint density at radius 1 is 0.723 bits per heavy atom. The number of ketones is 1. The highest BCUT2D eigenvalue weighted by Crippen LogP contribution is 2.49. The van der Waals surface area contributed by atoms with Crippen molar-refractivity contribution in [3.63, 3.8) is 0 Å². The van der Waals surface area contributed by atoms with Gasteiger partial charge in [-0.25, -0.2) is 14.2 Å². The van der Waals surface area contributed by atoms with Crippen LogP contribution in [0, 0.1) is 0 Å². The number of nitrogens with two attached hydrogens (primary N) is 2. The van der Waals surface area contributed by atoms with Crippen molar-refractivity contribution < 1.29 is 165 Å². The van der Waals surface area contributed by atoms with Crippen molar-refractivity contribution in [3.8, 4) is 0 Å². The monoisotopic (exact) mass is 1380 g/mol. The summed E-state index contributed by atoms with van der Waals surface area (Å²) in [5, 5.41) is 138. The number of carboxylic acid groups (broad SMARTS) is 1. The lowest BCUT2D eigenvalue weighted by Crippen LogP contribution is -2.72. The standard InChI is InChI=1S/C54H84N5O34P/c1-18(2)9-8-10-19(3)13-14-81-27(47(75)76)17-83-94(79,80)93-52-42(43(92-53(56)77)54(7,78)44(91-52)45(55)73)90-49-30(58-22(6)62)33(67)40(26(86-49)16-82-50-37(71)34(68)31(65)25(15-60)85-50)88-48-29(57-21(5)61)32(66)39(20(4)84-48)87-51-38(72)35(69)36(70)41(89-51)46(74)59-28-23(63)11-12-24(28)64/h9,13,20,25-27,29-44,48-52,60,63,65-72,78H,8,10-12,14-17H2,1-7H3,(H2,55,73)(H2,56,77)(H,57,61)(H,58,62)(H,59,74)(H,75,76)(H,79,80)/b19-13-/t20-,25-,26-,27-,29-,30-,31-,32-,33-,34+,35+,36-,37-,38-,39-,40-,41+,42-,43-,44-,48+,49+,50-,51-,52-,54+/m1/s1. The average Bonchev–Trinajstić information content (AvgIpc) is 0.835. The van der Waals surface area contributed by atoms with E-state index in [0.717, 1.165) is 31.9 Å². The second kappa shape index (κ2) is 33.2. The van der Waals surface area contributed by atoms with E-state index in [1.807, 2.05) is 19.9 Å². The fraction of sp³-hybridized carbons (Fsp3) is 0.759. The number of aliphatic hydroxyl groups excluding tert-OH is 10. The summed E-state index contributed by atoms with van der Waals surface area (Å²) in [6.45, 7) is 5.82. The normalized spacial score (nSPS) is 39.0. The van der Waals surface area contributed by atoms with Crippen LogP contribution in [0.15, 0.2) is 34.8 Å². The van der Waals surface area contributed by atoms with Gasteiger partial charge in [-0.1, -0.05) is 23.3 Å². The van der Waals surface area contributed by atoms with Crippen LogP contribution < -0.4 is 27.4 Å². The second-order valence-corrected chi connectivity index (χ2v) is 24.8. The van der Waals surface area contributed by atoms with E-state index in [-0.39, 0.29) is 19.4 Å². The molecule has 0 aromatic heterocycles. The molecule has 94 heavy (non-hydrogen) atoms. The molecule has 0 aromatic rings. The van der Waals surface area contributed by atoms with E-state index >= 15 is 0 Å². The van der Waals surface area contributed by atoms with Crippen LogP contribution in [0.2, 0.25) is 0 Å². The Balaban J connectivity index is 1.34. The minimum Gasteiger partial charge on any atom is -0.510 e. The number of amides is 5. The number of phosphoric acid groups is 1. The number of carboxylic acids is 1. The Morgan fingerprint density at radius 2 is 1.30 bits per heavy atom. The predicted octanol–water partition coefficient (Wildman–Crippen LogP) is -7.06. The predicted molar refractivity (Wildman–Crippen MR) is 303 cm³/mol.